The lowest BCUT2D eigenvalue weighted by atomic mass is 10.2. The van der Waals surface area contributed by atoms with Gasteiger partial charge < -0.3 is 16.0 Å². The van der Waals surface area contributed by atoms with Gasteiger partial charge in [-0.25, -0.2) is 0 Å². The van der Waals surface area contributed by atoms with E-state index < -0.39 is 18.0 Å². The Hall–Kier alpha value is -1.92. The Balaban J connectivity index is 4.18. The molecule has 2 unspecified atom stereocenters. The third-order valence-electron chi connectivity index (χ3n) is 2.19. The zero-order valence-corrected chi connectivity index (χ0v) is 11.1. The molecule has 7 heteroatoms. The van der Waals surface area contributed by atoms with Gasteiger partial charge in [-0.2, -0.15) is 0 Å². The van der Waals surface area contributed by atoms with E-state index in [0.29, 0.717) is 0 Å². The lowest BCUT2D eigenvalue weighted by molar-refractivity contribution is -0.131. The summed E-state index contributed by atoms with van der Waals surface area (Å²) in [5.74, 6) is -1.05. The number of rotatable bonds is 6. The fraction of sp³-hybridized carbons (Fsp3) is 0.636. The maximum Gasteiger partial charge on any atom is 0.242 e. The summed E-state index contributed by atoms with van der Waals surface area (Å²) in [5.41, 5.74) is 0. The smallest absolute Gasteiger partial charge is 0.242 e. The van der Waals surface area contributed by atoms with Crippen LogP contribution in [0.3, 0.4) is 0 Å². The molecule has 18 heavy (non-hydrogen) atoms. The minimum atomic E-state index is -0.711. The van der Waals surface area contributed by atoms with Gasteiger partial charge in [0.15, 0.2) is 0 Å². The van der Waals surface area contributed by atoms with Crippen LogP contribution in [0, 0.1) is 0 Å². The minimum absolute atomic E-state index is 0.0148. The van der Waals surface area contributed by atoms with Gasteiger partial charge in [0.1, 0.15) is 18.6 Å². The molecule has 0 saturated carbocycles. The number of nitrogens with zero attached hydrogens (tertiary/aromatic N) is 1. The van der Waals surface area contributed by atoms with Gasteiger partial charge in [0.05, 0.1) is 0 Å². The first-order valence-electron chi connectivity index (χ1n) is 5.68. The lowest BCUT2D eigenvalue weighted by Gasteiger charge is -2.17. The zero-order chi connectivity index (χ0) is 14.1. The van der Waals surface area contributed by atoms with Gasteiger partial charge in [-0.15, -0.1) is 0 Å². The highest BCUT2D eigenvalue weighted by atomic mass is 16.2. The van der Waals surface area contributed by atoms with Crippen LogP contribution in [0.5, 0.6) is 0 Å². The summed E-state index contributed by atoms with van der Waals surface area (Å²) in [6, 6.07) is -1.35. The van der Waals surface area contributed by atoms with Gasteiger partial charge in [-0.05, 0) is 27.0 Å². The highest BCUT2D eigenvalue weighted by molar-refractivity contribution is 5.92. The van der Waals surface area contributed by atoms with Crippen LogP contribution in [0.4, 0.5) is 0 Å². The van der Waals surface area contributed by atoms with E-state index in [1.165, 1.54) is 13.3 Å². The monoisotopic (exact) mass is 256 g/mol. The average Bonchev–Trinajstić information content (AvgIpc) is 2.34. The predicted molar refractivity (Wildman–Crippen MR) is 68.3 cm³/mol. The fourth-order valence-corrected chi connectivity index (χ4v) is 1.15. The Morgan fingerprint density at radius 2 is 1.67 bits per heavy atom. The summed E-state index contributed by atoms with van der Waals surface area (Å²) < 4.78 is 0. The average molecular weight is 256 g/mol. The van der Waals surface area contributed by atoms with Crippen molar-refractivity contribution in [3.8, 4) is 0 Å². The molecule has 0 aromatic heterocycles. The molecule has 7 nitrogen and oxygen atoms in total. The van der Waals surface area contributed by atoms with Gasteiger partial charge in [-0.3, -0.25) is 19.4 Å². The van der Waals surface area contributed by atoms with Gasteiger partial charge in [-0.1, -0.05) is 0 Å². The van der Waals surface area contributed by atoms with Crippen LogP contribution in [0.15, 0.2) is 4.99 Å². The quantitative estimate of drug-likeness (QED) is 0.522. The third kappa shape index (κ3) is 5.97. The molecule has 0 aliphatic rings. The van der Waals surface area contributed by atoms with E-state index >= 15 is 0 Å². The molecule has 0 fully saturated rings. The highest BCUT2D eigenvalue weighted by Crippen LogP contribution is 1.87. The van der Waals surface area contributed by atoms with Crippen molar-refractivity contribution < 1.29 is 14.4 Å². The van der Waals surface area contributed by atoms with E-state index in [1.54, 1.807) is 20.8 Å². The Labute approximate surface area is 106 Å². The summed E-state index contributed by atoms with van der Waals surface area (Å²) in [6.07, 6.45) is 1.51. The maximum absolute atomic E-state index is 11.6. The number of amides is 3. The summed E-state index contributed by atoms with van der Waals surface area (Å²) in [7, 11) is 1.49. The molecule has 0 spiro atoms. The third-order valence-corrected chi connectivity index (χ3v) is 2.19. The van der Waals surface area contributed by atoms with Crippen molar-refractivity contribution in [1.29, 1.82) is 0 Å². The summed E-state index contributed by atoms with van der Waals surface area (Å²) in [4.78, 5) is 37.9. The second-order valence-corrected chi connectivity index (χ2v) is 3.73. The first kappa shape index (κ1) is 16.1. The normalized spacial score (nSPS) is 13.8. The molecule has 102 valence electrons. The van der Waals surface area contributed by atoms with Crippen LogP contribution < -0.4 is 16.0 Å². The molecule has 0 saturated heterocycles. The van der Waals surface area contributed by atoms with E-state index in [0.717, 1.165) is 0 Å². The number of carbonyl (C=O) groups excluding carboxylic acids is 3. The lowest BCUT2D eigenvalue weighted by Crippen LogP contribution is -2.51. The van der Waals surface area contributed by atoms with Crippen molar-refractivity contribution in [2.45, 2.75) is 32.9 Å². The number of aliphatic imine (C=N–C) groups is 1. The molecular formula is C11H20N4O3. The summed E-state index contributed by atoms with van der Waals surface area (Å²) >= 11 is 0. The van der Waals surface area contributed by atoms with Crippen molar-refractivity contribution in [3.63, 3.8) is 0 Å². The second-order valence-electron chi connectivity index (χ2n) is 3.73. The van der Waals surface area contributed by atoms with Crippen molar-refractivity contribution in [2.75, 3.05) is 13.6 Å². The molecule has 0 aromatic carbocycles. The standard InChI is InChI=1S/C11H20N4O3/c1-5-13-6-9(16)14-8(3)11(18)15-7(2)10(17)12-4/h5,7-8H,6H2,1-4H3,(H,12,17)(H,14,16)(H,15,18)/b13-5+. The van der Waals surface area contributed by atoms with Gasteiger partial charge in [0.25, 0.3) is 0 Å². The summed E-state index contributed by atoms with van der Waals surface area (Å²) in [6.45, 7) is 4.79. The van der Waals surface area contributed by atoms with E-state index in [2.05, 4.69) is 20.9 Å². The SMILES string of the molecule is C/C=N/CC(=O)NC(C)C(=O)NC(C)C(=O)NC. The van der Waals surface area contributed by atoms with E-state index in [9.17, 15) is 14.4 Å². The Kier molecular flexibility index (Phi) is 7.34. The molecule has 0 aromatic rings. The van der Waals surface area contributed by atoms with Crippen LogP contribution >= 0.6 is 0 Å². The minimum Gasteiger partial charge on any atom is -0.357 e. The topological polar surface area (TPSA) is 99.7 Å². The van der Waals surface area contributed by atoms with Crippen LogP contribution in [0.2, 0.25) is 0 Å². The van der Waals surface area contributed by atoms with Crippen LogP contribution in [-0.2, 0) is 14.4 Å². The van der Waals surface area contributed by atoms with Crippen LogP contribution in [-0.4, -0.2) is 49.6 Å². The number of likely N-dealkylation sites (N-methyl/N-ethyl adjacent to an activating group) is 1. The predicted octanol–water partition coefficient (Wildman–Crippen LogP) is -1.17. The maximum atomic E-state index is 11.6. The van der Waals surface area contributed by atoms with Crippen molar-refractivity contribution in [3.05, 3.63) is 0 Å². The molecule has 3 N–H and O–H groups in total. The van der Waals surface area contributed by atoms with Gasteiger partial charge >= 0.3 is 0 Å². The van der Waals surface area contributed by atoms with Crippen molar-refractivity contribution in [2.24, 2.45) is 4.99 Å². The Morgan fingerprint density at radius 3 is 2.17 bits per heavy atom. The molecule has 0 rings (SSSR count). The number of hydrogen-bond donors (Lipinski definition) is 3. The number of carbonyl (C=O) groups is 3. The first-order chi connectivity index (χ1) is 8.42. The second kappa shape index (κ2) is 8.21. The van der Waals surface area contributed by atoms with Crippen molar-refractivity contribution in [1.82, 2.24) is 16.0 Å². The van der Waals surface area contributed by atoms with Gasteiger partial charge in [0.2, 0.25) is 17.7 Å². The molecular weight excluding hydrogens is 236 g/mol. The molecule has 0 aliphatic heterocycles. The number of hydrogen-bond acceptors (Lipinski definition) is 4. The largest absolute Gasteiger partial charge is 0.357 e. The highest BCUT2D eigenvalue weighted by Gasteiger charge is 2.19. The van der Waals surface area contributed by atoms with E-state index in [1.807, 2.05) is 0 Å². The molecule has 3 amide bonds. The first-order valence-corrected chi connectivity index (χ1v) is 5.68. The van der Waals surface area contributed by atoms with Gasteiger partial charge in [0, 0.05) is 7.05 Å². The van der Waals surface area contributed by atoms with E-state index in [4.69, 9.17) is 0 Å². The molecule has 0 bridgehead atoms. The Bertz CT molecular complexity index is 341. The fourth-order valence-electron chi connectivity index (χ4n) is 1.15. The van der Waals surface area contributed by atoms with E-state index in [-0.39, 0.29) is 18.4 Å². The number of nitrogens with one attached hydrogen (secondary N) is 3. The summed E-state index contributed by atoms with van der Waals surface area (Å²) in [5, 5.41) is 7.39. The van der Waals surface area contributed by atoms with Crippen LogP contribution in [0.25, 0.3) is 0 Å². The van der Waals surface area contributed by atoms with Crippen LogP contribution in [0.1, 0.15) is 20.8 Å². The zero-order valence-electron chi connectivity index (χ0n) is 11.1. The molecule has 0 heterocycles. The van der Waals surface area contributed by atoms with Crippen molar-refractivity contribution >= 4 is 23.9 Å². The molecule has 2 atom stereocenters. The Morgan fingerprint density at radius 1 is 1.11 bits per heavy atom. The molecule has 0 radical (unpaired) electrons. The molecule has 0 aliphatic carbocycles.